The van der Waals surface area contributed by atoms with Gasteiger partial charge in [-0.2, -0.15) is 0 Å². The van der Waals surface area contributed by atoms with Gasteiger partial charge in [0.05, 0.1) is 32.5 Å². The van der Waals surface area contributed by atoms with Crippen molar-refractivity contribution in [1.29, 1.82) is 0 Å². The van der Waals surface area contributed by atoms with Crippen LogP contribution in [0.2, 0.25) is 0 Å². The minimum atomic E-state index is -0.755. The number of aliphatic hydroxyl groups excluding tert-OH is 1. The summed E-state index contributed by atoms with van der Waals surface area (Å²) in [6.07, 6.45) is 2.71. The Bertz CT molecular complexity index is 797. The van der Waals surface area contributed by atoms with E-state index in [1.807, 2.05) is 26.0 Å². The normalized spacial score (nSPS) is 19.0. The molecule has 1 saturated heterocycles. The Morgan fingerprint density at radius 3 is 2.49 bits per heavy atom. The third-order valence-electron chi connectivity index (χ3n) is 7.40. The first-order valence-electron chi connectivity index (χ1n) is 13.8. The Labute approximate surface area is 223 Å². The minimum Gasteiger partial charge on any atom is -0.493 e. The summed E-state index contributed by atoms with van der Waals surface area (Å²) in [5.74, 6) is 1.86. The van der Waals surface area contributed by atoms with Crippen LogP contribution < -0.4 is 20.5 Å². The van der Waals surface area contributed by atoms with Gasteiger partial charge in [-0.15, -0.1) is 0 Å². The maximum atomic E-state index is 12.9. The molecule has 1 aliphatic rings. The molecular formula is C29H50N2O6. The number of carbonyl (C=O) groups is 1. The number of ether oxygens (including phenoxy) is 4. The quantitative estimate of drug-likeness (QED) is 0.268. The predicted molar refractivity (Wildman–Crippen MR) is 146 cm³/mol. The van der Waals surface area contributed by atoms with Crippen molar-refractivity contribution >= 4 is 5.91 Å². The Balaban J connectivity index is 2.00. The van der Waals surface area contributed by atoms with E-state index in [2.05, 4.69) is 25.2 Å². The van der Waals surface area contributed by atoms with Gasteiger partial charge in [0.25, 0.3) is 0 Å². The van der Waals surface area contributed by atoms with Crippen LogP contribution in [0.3, 0.4) is 0 Å². The number of nitrogens with one attached hydrogen (secondary N) is 1. The molecule has 37 heavy (non-hydrogen) atoms. The van der Waals surface area contributed by atoms with Gasteiger partial charge < -0.3 is 35.1 Å². The molecule has 8 heteroatoms. The van der Waals surface area contributed by atoms with E-state index in [9.17, 15) is 9.90 Å². The van der Waals surface area contributed by atoms with Crippen LogP contribution in [0.4, 0.5) is 0 Å². The summed E-state index contributed by atoms with van der Waals surface area (Å²) in [6.45, 7) is 10.8. The highest BCUT2D eigenvalue weighted by atomic mass is 16.5. The lowest BCUT2D eigenvalue weighted by Crippen LogP contribution is -2.45. The molecule has 4 N–H and O–H groups in total. The standard InChI is InChI=1S/C29H50N2O6/c1-19(2)22(14-21-8-9-27(35-6)28(15-21)37-12-7-11-34-5)16-25(30)26(32)17-24(20(3)4)29(33)31-23-10-13-36-18-23/h8-9,15,19-20,22-26,32H,7,10-14,16-18,30H2,1-6H3,(H,31,33)/t22-,23-,24-,25-,26-/m0/s1. The molecule has 1 aromatic rings. The van der Waals surface area contributed by atoms with Gasteiger partial charge in [0.2, 0.25) is 5.91 Å². The molecule has 1 fully saturated rings. The summed E-state index contributed by atoms with van der Waals surface area (Å²) in [6, 6.07) is 5.68. The summed E-state index contributed by atoms with van der Waals surface area (Å²) < 4.78 is 21.9. The molecular weight excluding hydrogens is 472 g/mol. The van der Waals surface area contributed by atoms with Crippen LogP contribution in [0.5, 0.6) is 11.5 Å². The molecule has 0 saturated carbocycles. The highest BCUT2D eigenvalue weighted by molar-refractivity contribution is 5.79. The molecule has 0 radical (unpaired) electrons. The number of hydrogen-bond donors (Lipinski definition) is 3. The number of nitrogens with two attached hydrogens (primary N) is 1. The maximum absolute atomic E-state index is 12.9. The van der Waals surface area contributed by atoms with Gasteiger partial charge in [0.15, 0.2) is 11.5 Å². The first-order chi connectivity index (χ1) is 17.7. The summed E-state index contributed by atoms with van der Waals surface area (Å²) in [7, 11) is 3.32. The molecule has 0 bridgehead atoms. The van der Waals surface area contributed by atoms with Gasteiger partial charge in [-0.25, -0.2) is 0 Å². The number of methoxy groups -OCH3 is 2. The second kappa shape index (κ2) is 16.2. The van der Waals surface area contributed by atoms with E-state index < -0.39 is 12.1 Å². The van der Waals surface area contributed by atoms with Crippen molar-refractivity contribution in [2.45, 2.75) is 78.0 Å². The number of rotatable bonds is 17. The molecule has 212 valence electrons. The summed E-state index contributed by atoms with van der Waals surface area (Å²) in [5, 5.41) is 14.1. The minimum absolute atomic E-state index is 0.0200. The fraction of sp³-hybridized carbons (Fsp3) is 0.759. The molecule has 8 nitrogen and oxygen atoms in total. The van der Waals surface area contributed by atoms with Gasteiger partial charge in [0.1, 0.15) is 0 Å². The summed E-state index contributed by atoms with van der Waals surface area (Å²) in [4.78, 5) is 12.9. The molecule has 2 rings (SSSR count). The molecule has 0 aliphatic carbocycles. The monoisotopic (exact) mass is 522 g/mol. The van der Waals surface area contributed by atoms with Crippen LogP contribution >= 0.6 is 0 Å². The molecule has 1 heterocycles. The van der Waals surface area contributed by atoms with E-state index in [4.69, 9.17) is 24.7 Å². The number of carbonyl (C=O) groups excluding carboxylic acids is 1. The van der Waals surface area contributed by atoms with Crippen molar-refractivity contribution in [3.63, 3.8) is 0 Å². The second-order valence-electron chi connectivity index (χ2n) is 11.0. The lowest BCUT2D eigenvalue weighted by molar-refractivity contribution is -0.128. The van der Waals surface area contributed by atoms with Crippen molar-refractivity contribution in [1.82, 2.24) is 5.32 Å². The first-order valence-corrected chi connectivity index (χ1v) is 13.8. The van der Waals surface area contributed by atoms with Crippen molar-refractivity contribution in [3.05, 3.63) is 23.8 Å². The summed E-state index contributed by atoms with van der Waals surface area (Å²) >= 11 is 0. The van der Waals surface area contributed by atoms with Crippen LogP contribution in [0.25, 0.3) is 0 Å². The SMILES string of the molecule is COCCCOc1cc(C[C@@H](C[C@H](N)[C@@H](O)C[C@H](C(=O)N[C@H]2CCOC2)C(C)C)C(C)C)ccc1OC. The zero-order chi connectivity index (χ0) is 27.4. The van der Waals surface area contributed by atoms with Crippen molar-refractivity contribution in [3.8, 4) is 11.5 Å². The van der Waals surface area contributed by atoms with Gasteiger partial charge in [-0.3, -0.25) is 4.79 Å². The lowest BCUT2D eigenvalue weighted by Gasteiger charge is -2.30. The zero-order valence-electron chi connectivity index (χ0n) is 23.7. The third-order valence-corrected chi connectivity index (χ3v) is 7.40. The summed E-state index contributed by atoms with van der Waals surface area (Å²) in [5.41, 5.74) is 7.67. The van der Waals surface area contributed by atoms with Gasteiger partial charge in [-0.1, -0.05) is 33.8 Å². The molecule has 1 aliphatic heterocycles. The molecule has 1 amide bonds. The number of benzene rings is 1. The van der Waals surface area contributed by atoms with Gasteiger partial charge in [-0.05, 0) is 61.1 Å². The highest BCUT2D eigenvalue weighted by Gasteiger charge is 2.31. The predicted octanol–water partition coefficient (Wildman–Crippen LogP) is 3.57. The van der Waals surface area contributed by atoms with Crippen LogP contribution in [0, 0.1) is 23.7 Å². The van der Waals surface area contributed by atoms with Crippen molar-refractivity contribution in [2.24, 2.45) is 29.4 Å². The average Bonchev–Trinajstić information content (AvgIpc) is 3.37. The number of hydrogen-bond acceptors (Lipinski definition) is 7. The Kier molecular flexibility index (Phi) is 13.7. The molecule has 0 spiro atoms. The fourth-order valence-electron chi connectivity index (χ4n) is 4.82. The van der Waals surface area contributed by atoms with Gasteiger partial charge >= 0.3 is 0 Å². The largest absolute Gasteiger partial charge is 0.493 e. The topological polar surface area (TPSA) is 112 Å². The van der Waals surface area contributed by atoms with Crippen molar-refractivity contribution < 1.29 is 28.8 Å². The number of aliphatic hydroxyl groups is 1. The van der Waals surface area contributed by atoms with E-state index in [1.54, 1.807) is 14.2 Å². The Morgan fingerprint density at radius 2 is 1.89 bits per heavy atom. The smallest absolute Gasteiger partial charge is 0.223 e. The Morgan fingerprint density at radius 1 is 1.14 bits per heavy atom. The third kappa shape index (κ3) is 10.4. The van der Waals surface area contributed by atoms with E-state index in [0.717, 1.165) is 30.6 Å². The zero-order valence-corrected chi connectivity index (χ0v) is 23.7. The Hall–Kier alpha value is -1.87. The second-order valence-corrected chi connectivity index (χ2v) is 11.0. The highest BCUT2D eigenvalue weighted by Crippen LogP contribution is 2.32. The van der Waals surface area contributed by atoms with E-state index in [0.29, 0.717) is 50.9 Å². The van der Waals surface area contributed by atoms with Crippen LogP contribution in [0.15, 0.2) is 18.2 Å². The first kappa shape index (κ1) is 31.3. The number of amides is 1. The van der Waals surface area contributed by atoms with Crippen LogP contribution in [0.1, 0.15) is 58.9 Å². The van der Waals surface area contributed by atoms with E-state index >= 15 is 0 Å². The molecule has 0 aromatic heterocycles. The van der Waals surface area contributed by atoms with Crippen LogP contribution in [-0.4, -0.2) is 69.8 Å². The van der Waals surface area contributed by atoms with Gasteiger partial charge in [0, 0.05) is 38.7 Å². The average molecular weight is 523 g/mol. The van der Waals surface area contributed by atoms with E-state index in [-0.39, 0.29) is 29.7 Å². The molecule has 0 unspecified atom stereocenters. The molecule has 5 atom stereocenters. The maximum Gasteiger partial charge on any atom is 0.223 e. The molecule has 1 aromatic carbocycles. The van der Waals surface area contributed by atoms with Crippen LogP contribution in [-0.2, 0) is 20.7 Å². The fourth-order valence-corrected chi connectivity index (χ4v) is 4.82. The lowest BCUT2D eigenvalue weighted by atomic mass is 9.80. The van der Waals surface area contributed by atoms with E-state index in [1.165, 1.54) is 0 Å². The van der Waals surface area contributed by atoms with Crippen molar-refractivity contribution in [2.75, 3.05) is 40.6 Å².